The number of nitrogens with zero attached hydrogens (tertiary/aromatic N) is 1. The maximum Gasteiger partial charge on any atom is 0.122 e. The van der Waals surface area contributed by atoms with E-state index in [1.165, 1.54) is 19.4 Å². The molecule has 0 amide bonds. The molecule has 1 fully saturated rings. The Morgan fingerprint density at radius 1 is 1.28 bits per heavy atom. The highest BCUT2D eigenvalue weighted by Gasteiger charge is 2.22. The highest BCUT2D eigenvalue weighted by molar-refractivity contribution is 6.34. The van der Waals surface area contributed by atoms with Gasteiger partial charge in [-0.05, 0) is 50.6 Å². The van der Waals surface area contributed by atoms with Crippen molar-refractivity contribution >= 4 is 23.2 Å². The van der Waals surface area contributed by atoms with Crippen molar-refractivity contribution in [3.05, 3.63) is 28.2 Å². The Balaban J connectivity index is 1.81. The summed E-state index contributed by atoms with van der Waals surface area (Å²) in [6, 6.07) is 6.00. The minimum Gasteiger partial charge on any atom is -0.493 e. The van der Waals surface area contributed by atoms with Gasteiger partial charge in [0.05, 0.1) is 6.61 Å². The summed E-state index contributed by atoms with van der Waals surface area (Å²) in [4.78, 5) is 2.52. The van der Waals surface area contributed by atoms with Gasteiger partial charge in [-0.1, -0.05) is 30.1 Å². The molecule has 2 rings (SSSR count). The molecule has 1 saturated heterocycles. The Labute approximate surface area is 119 Å². The lowest BCUT2D eigenvalue weighted by atomic mass is 10.1. The van der Waals surface area contributed by atoms with E-state index in [4.69, 9.17) is 27.9 Å². The first kappa shape index (κ1) is 14.0. The molecule has 1 aliphatic heterocycles. The van der Waals surface area contributed by atoms with Gasteiger partial charge in [0.2, 0.25) is 0 Å². The molecule has 100 valence electrons. The van der Waals surface area contributed by atoms with Crippen LogP contribution in [0.4, 0.5) is 0 Å². The fourth-order valence-electron chi connectivity index (χ4n) is 2.56. The van der Waals surface area contributed by atoms with Crippen LogP contribution in [0.2, 0.25) is 10.0 Å². The third-order valence-electron chi connectivity index (χ3n) is 3.46. The van der Waals surface area contributed by atoms with E-state index >= 15 is 0 Å². The third-order valence-corrected chi connectivity index (χ3v) is 3.90. The molecule has 0 saturated carbocycles. The molecule has 1 aromatic carbocycles. The van der Waals surface area contributed by atoms with Gasteiger partial charge in [-0.2, -0.15) is 0 Å². The van der Waals surface area contributed by atoms with E-state index in [1.54, 1.807) is 18.2 Å². The number of hydrogen-bond acceptors (Lipinski definition) is 2. The first-order chi connectivity index (χ1) is 8.69. The highest BCUT2D eigenvalue weighted by atomic mass is 35.5. The summed E-state index contributed by atoms with van der Waals surface area (Å²) in [7, 11) is 0. The van der Waals surface area contributed by atoms with Crippen LogP contribution >= 0.6 is 23.2 Å². The maximum atomic E-state index is 5.93. The molecule has 2 nitrogen and oxygen atoms in total. The van der Waals surface area contributed by atoms with E-state index in [9.17, 15) is 0 Å². The second-order valence-corrected chi connectivity index (χ2v) is 5.54. The van der Waals surface area contributed by atoms with Crippen molar-refractivity contribution in [2.24, 2.45) is 0 Å². The second kappa shape index (κ2) is 6.65. The molecule has 1 aliphatic rings. The molecule has 1 aromatic rings. The molecular weight excluding hydrogens is 269 g/mol. The average molecular weight is 288 g/mol. The molecule has 1 unspecified atom stereocenters. The summed E-state index contributed by atoms with van der Waals surface area (Å²) >= 11 is 11.9. The van der Waals surface area contributed by atoms with Gasteiger partial charge in [-0.3, -0.25) is 0 Å². The average Bonchev–Trinajstić information content (AvgIpc) is 2.75. The summed E-state index contributed by atoms with van der Waals surface area (Å²) in [5.74, 6) is 0.758. The van der Waals surface area contributed by atoms with E-state index in [0.29, 0.717) is 16.1 Å². The van der Waals surface area contributed by atoms with Gasteiger partial charge >= 0.3 is 0 Å². The molecule has 0 radical (unpaired) electrons. The molecular formula is C14H19Cl2NO. The summed E-state index contributed by atoms with van der Waals surface area (Å²) < 4.78 is 5.73. The number of hydrogen-bond donors (Lipinski definition) is 0. The van der Waals surface area contributed by atoms with Crippen molar-refractivity contribution in [1.82, 2.24) is 4.90 Å². The number of rotatable bonds is 5. The smallest absolute Gasteiger partial charge is 0.122 e. The van der Waals surface area contributed by atoms with Crippen molar-refractivity contribution in [1.29, 1.82) is 0 Å². The monoisotopic (exact) mass is 287 g/mol. The quantitative estimate of drug-likeness (QED) is 0.803. The van der Waals surface area contributed by atoms with Gasteiger partial charge in [0, 0.05) is 16.1 Å². The Morgan fingerprint density at radius 3 is 2.67 bits per heavy atom. The van der Waals surface area contributed by atoms with Gasteiger partial charge in [0.15, 0.2) is 0 Å². The lowest BCUT2D eigenvalue weighted by Gasteiger charge is -2.22. The van der Waals surface area contributed by atoms with E-state index in [0.717, 1.165) is 25.3 Å². The van der Waals surface area contributed by atoms with Crippen LogP contribution in [0, 0.1) is 0 Å². The van der Waals surface area contributed by atoms with E-state index < -0.39 is 0 Å². The highest BCUT2D eigenvalue weighted by Crippen LogP contribution is 2.25. The van der Waals surface area contributed by atoms with Crippen LogP contribution in [0.3, 0.4) is 0 Å². The minimum absolute atomic E-state index is 0.619. The molecule has 1 heterocycles. The molecule has 1 atom stereocenters. The van der Waals surface area contributed by atoms with Crippen LogP contribution in [0.25, 0.3) is 0 Å². The van der Waals surface area contributed by atoms with Crippen molar-refractivity contribution in [3.63, 3.8) is 0 Å². The van der Waals surface area contributed by atoms with Crippen LogP contribution in [-0.2, 0) is 0 Å². The zero-order chi connectivity index (χ0) is 13.0. The number of halogens is 2. The predicted molar refractivity (Wildman–Crippen MR) is 76.8 cm³/mol. The topological polar surface area (TPSA) is 12.5 Å². The predicted octanol–water partition coefficient (Wildman–Crippen LogP) is 4.25. The fourth-order valence-corrected chi connectivity index (χ4v) is 3.07. The molecule has 4 heteroatoms. The summed E-state index contributed by atoms with van der Waals surface area (Å²) in [6.07, 6.45) is 3.66. The van der Waals surface area contributed by atoms with Crippen molar-refractivity contribution < 1.29 is 4.74 Å². The van der Waals surface area contributed by atoms with Crippen LogP contribution < -0.4 is 4.74 Å². The second-order valence-electron chi connectivity index (χ2n) is 4.67. The van der Waals surface area contributed by atoms with E-state index in [1.807, 2.05) is 0 Å². The van der Waals surface area contributed by atoms with E-state index in [-0.39, 0.29) is 0 Å². The Kier molecular flexibility index (Phi) is 5.16. The van der Waals surface area contributed by atoms with Crippen molar-refractivity contribution in [3.8, 4) is 5.75 Å². The summed E-state index contributed by atoms with van der Waals surface area (Å²) in [6.45, 7) is 5.30. The van der Waals surface area contributed by atoms with Gasteiger partial charge in [0.25, 0.3) is 0 Å². The first-order valence-electron chi connectivity index (χ1n) is 6.52. The molecule has 0 bridgehead atoms. The van der Waals surface area contributed by atoms with Gasteiger partial charge in [-0.25, -0.2) is 0 Å². The van der Waals surface area contributed by atoms with Crippen LogP contribution in [0.1, 0.15) is 26.2 Å². The molecule has 0 aromatic heterocycles. The van der Waals surface area contributed by atoms with Gasteiger partial charge < -0.3 is 9.64 Å². The zero-order valence-corrected chi connectivity index (χ0v) is 12.2. The Hall–Kier alpha value is -0.440. The van der Waals surface area contributed by atoms with Crippen LogP contribution in [-0.4, -0.2) is 30.6 Å². The molecule has 18 heavy (non-hydrogen) atoms. The Morgan fingerprint density at radius 2 is 2.00 bits per heavy atom. The molecule has 0 N–H and O–H groups in total. The van der Waals surface area contributed by atoms with Gasteiger partial charge in [-0.15, -0.1) is 0 Å². The van der Waals surface area contributed by atoms with Crippen LogP contribution in [0.5, 0.6) is 5.75 Å². The van der Waals surface area contributed by atoms with Crippen molar-refractivity contribution in [2.45, 2.75) is 32.2 Å². The first-order valence-corrected chi connectivity index (χ1v) is 7.27. The largest absolute Gasteiger partial charge is 0.493 e. The van der Waals surface area contributed by atoms with E-state index in [2.05, 4.69) is 11.8 Å². The summed E-state index contributed by atoms with van der Waals surface area (Å²) in [5.41, 5.74) is 0. The molecule has 0 spiro atoms. The minimum atomic E-state index is 0.619. The molecule has 0 aliphatic carbocycles. The lowest BCUT2D eigenvalue weighted by Crippen LogP contribution is -2.30. The fraction of sp³-hybridized carbons (Fsp3) is 0.571. The summed E-state index contributed by atoms with van der Waals surface area (Å²) in [5, 5.41) is 1.24. The number of ether oxygens (including phenoxy) is 1. The normalized spacial score (nSPS) is 20.3. The maximum absolute atomic E-state index is 5.93. The van der Waals surface area contributed by atoms with Gasteiger partial charge in [0.1, 0.15) is 5.75 Å². The number of likely N-dealkylation sites (tertiary alicyclic amines) is 1. The Bertz CT molecular complexity index is 377. The lowest BCUT2D eigenvalue weighted by molar-refractivity contribution is 0.212. The standard InChI is InChI=1S/C14H19Cl2NO/c1-2-17-6-3-4-13(17)5-7-18-14-9-11(15)8-12(16)10-14/h8-10,13H,2-7H2,1H3. The SMILES string of the molecule is CCN1CCCC1CCOc1cc(Cl)cc(Cl)c1. The van der Waals surface area contributed by atoms with Crippen LogP contribution in [0.15, 0.2) is 18.2 Å². The number of benzene rings is 1. The third kappa shape index (κ3) is 3.78. The zero-order valence-electron chi connectivity index (χ0n) is 10.7. The van der Waals surface area contributed by atoms with Crippen molar-refractivity contribution in [2.75, 3.05) is 19.7 Å².